The lowest BCUT2D eigenvalue weighted by Crippen LogP contribution is -2.58. The molecule has 1 saturated carbocycles. The highest BCUT2D eigenvalue weighted by Gasteiger charge is 2.52. The molecule has 1 aromatic carbocycles. The normalized spacial score (nSPS) is 29.7. The first kappa shape index (κ1) is 19.9. The molecule has 1 unspecified atom stereocenters. The number of nitrogens with zero attached hydrogens (tertiary/aromatic N) is 3. The molecule has 3 heterocycles. The van der Waals surface area contributed by atoms with Gasteiger partial charge in [0, 0.05) is 50.8 Å². The number of fused-ring (bicyclic) bond motifs is 2. The number of anilines is 1. The summed E-state index contributed by atoms with van der Waals surface area (Å²) in [5.74, 6) is 0.173. The van der Waals surface area contributed by atoms with E-state index in [0.29, 0.717) is 25.4 Å². The number of hydrogen-bond acceptors (Lipinski definition) is 5. The fraction of sp³-hybridized carbons (Fsp3) is 0.542. The van der Waals surface area contributed by atoms with E-state index in [1.54, 1.807) is 12.3 Å². The second-order valence-electron chi connectivity index (χ2n) is 8.94. The van der Waals surface area contributed by atoms with Crippen molar-refractivity contribution in [2.45, 2.75) is 31.4 Å². The van der Waals surface area contributed by atoms with E-state index in [0.717, 1.165) is 56.7 Å². The molecule has 1 aromatic heterocycles. The number of pyridine rings is 1. The Balaban J connectivity index is 1.31. The average Bonchev–Trinajstić information content (AvgIpc) is 2.76. The van der Waals surface area contributed by atoms with E-state index in [2.05, 4.69) is 14.8 Å². The van der Waals surface area contributed by atoms with Crippen LogP contribution in [-0.2, 0) is 16.9 Å². The zero-order valence-corrected chi connectivity index (χ0v) is 17.3. The highest BCUT2D eigenvalue weighted by Crippen LogP contribution is 2.48. The molecular weight excluding hydrogens is 381 g/mol. The minimum Gasteiger partial charge on any atom is -0.383 e. The number of morpholine rings is 1. The quantitative estimate of drug-likeness (QED) is 0.838. The van der Waals surface area contributed by atoms with Crippen LogP contribution >= 0.6 is 0 Å². The second-order valence-corrected chi connectivity index (χ2v) is 8.94. The van der Waals surface area contributed by atoms with Crippen LogP contribution < -0.4 is 4.90 Å². The smallest absolute Gasteiger partial charge is 0.146 e. The zero-order chi connectivity index (χ0) is 20.6. The SMILES string of the molecule is OC1(c2ccccn2)[C@@H]2CCC[C@H]1CN(Cc1ccc(N3CCOCC3)c(F)c1)C2. The maximum atomic E-state index is 14.8. The van der Waals surface area contributed by atoms with Crippen molar-refractivity contribution in [1.29, 1.82) is 0 Å². The third kappa shape index (κ3) is 3.61. The van der Waals surface area contributed by atoms with Crippen LogP contribution in [0.2, 0.25) is 0 Å². The lowest BCUT2D eigenvalue weighted by molar-refractivity contribution is -0.151. The van der Waals surface area contributed by atoms with Crippen molar-refractivity contribution in [2.75, 3.05) is 44.3 Å². The van der Waals surface area contributed by atoms with Crippen LogP contribution in [0.3, 0.4) is 0 Å². The number of aliphatic hydroxyl groups is 1. The van der Waals surface area contributed by atoms with Gasteiger partial charge in [0.25, 0.3) is 0 Å². The predicted octanol–water partition coefficient (Wildman–Crippen LogP) is 3.18. The molecule has 5 nitrogen and oxygen atoms in total. The molecule has 3 atom stereocenters. The molecule has 2 saturated heterocycles. The third-order valence-electron chi connectivity index (χ3n) is 7.15. The summed E-state index contributed by atoms with van der Waals surface area (Å²) in [7, 11) is 0. The summed E-state index contributed by atoms with van der Waals surface area (Å²) in [5, 5.41) is 11.7. The Labute approximate surface area is 177 Å². The van der Waals surface area contributed by atoms with Crippen molar-refractivity contribution in [1.82, 2.24) is 9.88 Å². The van der Waals surface area contributed by atoms with Crippen LogP contribution in [0.1, 0.15) is 30.5 Å². The number of hydrogen-bond donors (Lipinski definition) is 1. The van der Waals surface area contributed by atoms with Crippen molar-refractivity contribution in [2.24, 2.45) is 11.8 Å². The summed E-state index contributed by atoms with van der Waals surface area (Å²) < 4.78 is 20.2. The van der Waals surface area contributed by atoms with Crippen LogP contribution in [0.5, 0.6) is 0 Å². The van der Waals surface area contributed by atoms with E-state index >= 15 is 0 Å². The minimum atomic E-state index is -0.846. The largest absolute Gasteiger partial charge is 0.383 e. The molecule has 2 aromatic rings. The van der Waals surface area contributed by atoms with Crippen LogP contribution in [0, 0.1) is 17.7 Å². The molecular formula is C24H30FN3O2. The number of halogens is 1. The van der Waals surface area contributed by atoms with Gasteiger partial charge in [-0.15, -0.1) is 0 Å². The van der Waals surface area contributed by atoms with E-state index in [4.69, 9.17) is 4.74 Å². The standard InChI is InChI=1S/C24H30FN3O2/c25-21-14-18(7-8-22(21)28-10-12-30-13-11-28)15-27-16-19-4-3-5-20(17-27)24(19,29)23-6-1-2-9-26-23/h1-2,6-9,14,19-20,29H,3-5,10-13,15-17H2/t19-,20+,24?. The average molecular weight is 412 g/mol. The molecule has 0 spiro atoms. The van der Waals surface area contributed by atoms with Gasteiger partial charge in [-0.05, 0) is 42.7 Å². The Morgan fingerprint density at radius 3 is 2.53 bits per heavy atom. The Morgan fingerprint density at radius 2 is 1.87 bits per heavy atom. The lowest BCUT2D eigenvalue weighted by atomic mass is 9.64. The number of piperidine rings is 1. The van der Waals surface area contributed by atoms with E-state index in [-0.39, 0.29) is 17.7 Å². The summed E-state index contributed by atoms with van der Waals surface area (Å²) in [6.45, 7) is 5.11. The van der Waals surface area contributed by atoms with Crippen molar-refractivity contribution in [3.05, 3.63) is 59.7 Å². The van der Waals surface area contributed by atoms with E-state index in [9.17, 15) is 9.50 Å². The first-order chi connectivity index (χ1) is 14.6. The molecule has 160 valence electrons. The lowest BCUT2D eigenvalue weighted by Gasteiger charge is -2.52. The summed E-state index contributed by atoms with van der Waals surface area (Å²) in [4.78, 5) is 8.94. The predicted molar refractivity (Wildman–Crippen MR) is 114 cm³/mol. The van der Waals surface area contributed by atoms with Crippen LogP contribution in [-0.4, -0.2) is 54.4 Å². The summed E-state index contributed by atoms with van der Waals surface area (Å²) in [6.07, 6.45) is 4.93. The zero-order valence-electron chi connectivity index (χ0n) is 17.3. The number of rotatable bonds is 4. The van der Waals surface area contributed by atoms with Crippen molar-refractivity contribution in [3.8, 4) is 0 Å². The number of ether oxygens (including phenoxy) is 1. The van der Waals surface area contributed by atoms with Gasteiger partial charge in [0.2, 0.25) is 0 Å². The number of aromatic nitrogens is 1. The molecule has 3 fully saturated rings. The summed E-state index contributed by atoms with van der Waals surface area (Å²) in [6, 6.07) is 11.4. The van der Waals surface area contributed by atoms with E-state index in [1.165, 1.54) is 0 Å². The van der Waals surface area contributed by atoms with Crippen molar-refractivity contribution in [3.63, 3.8) is 0 Å². The molecule has 1 N–H and O–H groups in total. The molecule has 3 aliphatic rings. The Bertz CT molecular complexity index is 858. The molecule has 0 radical (unpaired) electrons. The van der Waals surface area contributed by atoms with Gasteiger partial charge in [0.05, 0.1) is 24.6 Å². The molecule has 0 amide bonds. The summed E-state index contributed by atoms with van der Waals surface area (Å²) >= 11 is 0. The van der Waals surface area contributed by atoms with Gasteiger partial charge >= 0.3 is 0 Å². The number of likely N-dealkylation sites (tertiary alicyclic amines) is 1. The van der Waals surface area contributed by atoms with Gasteiger partial charge in [0.15, 0.2) is 0 Å². The molecule has 5 rings (SSSR count). The van der Waals surface area contributed by atoms with Gasteiger partial charge in [0.1, 0.15) is 11.4 Å². The minimum absolute atomic E-state index is 0.156. The van der Waals surface area contributed by atoms with Crippen LogP contribution in [0.15, 0.2) is 42.6 Å². The van der Waals surface area contributed by atoms with Gasteiger partial charge in [-0.25, -0.2) is 4.39 Å². The molecule has 1 aliphatic carbocycles. The van der Waals surface area contributed by atoms with E-state index < -0.39 is 5.60 Å². The Hall–Kier alpha value is -2.02. The van der Waals surface area contributed by atoms with Crippen LogP contribution in [0.25, 0.3) is 0 Å². The fourth-order valence-corrected chi connectivity index (χ4v) is 5.66. The van der Waals surface area contributed by atoms with Gasteiger partial charge < -0.3 is 14.7 Å². The first-order valence-electron chi connectivity index (χ1n) is 11.1. The Kier molecular flexibility index (Phi) is 5.48. The highest BCUT2D eigenvalue weighted by atomic mass is 19.1. The molecule has 2 aliphatic heterocycles. The van der Waals surface area contributed by atoms with Crippen molar-refractivity contribution < 1.29 is 14.2 Å². The van der Waals surface area contributed by atoms with E-state index in [1.807, 2.05) is 30.3 Å². The highest BCUT2D eigenvalue weighted by molar-refractivity contribution is 5.49. The van der Waals surface area contributed by atoms with Gasteiger partial charge in [-0.3, -0.25) is 9.88 Å². The maximum absolute atomic E-state index is 14.8. The monoisotopic (exact) mass is 411 g/mol. The summed E-state index contributed by atoms with van der Waals surface area (Å²) in [5.41, 5.74) is 1.62. The van der Waals surface area contributed by atoms with Gasteiger partial charge in [-0.1, -0.05) is 18.6 Å². The van der Waals surface area contributed by atoms with Crippen LogP contribution in [0.4, 0.5) is 10.1 Å². The van der Waals surface area contributed by atoms with Gasteiger partial charge in [-0.2, -0.15) is 0 Å². The number of benzene rings is 1. The molecule has 2 bridgehead atoms. The third-order valence-corrected chi connectivity index (χ3v) is 7.15. The fourth-order valence-electron chi connectivity index (χ4n) is 5.66. The first-order valence-corrected chi connectivity index (χ1v) is 11.1. The Morgan fingerprint density at radius 1 is 1.10 bits per heavy atom. The molecule has 30 heavy (non-hydrogen) atoms. The second kappa shape index (κ2) is 8.25. The molecule has 6 heteroatoms. The van der Waals surface area contributed by atoms with Crippen molar-refractivity contribution >= 4 is 5.69 Å². The topological polar surface area (TPSA) is 48.8 Å². The maximum Gasteiger partial charge on any atom is 0.146 e.